The largest absolute Gasteiger partial charge is 0.436 e. The molecule has 4 aromatic rings. The first-order chi connectivity index (χ1) is 16.0. The van der Waals surface area contributed by atoms with Gasteiger partial charge in [-0.05, 0) is 48.4 Å². The number of aromatic nitrogens is 2. The molecule has 0 spiro atoms. The lowest BCUT2D eigenvalue weighted by Gasteiger charge is -2.29. The first-order valence-electron chi connectivity index (χ1n) is 10.5. The minimum atomic E-state index is -1.08. The number of hydrogen-bond donors (Lipinski definition) is 0. The van der Waals surface area contributed by atoms with E-state index in [1.54, 1.807) is 10.8 Å². The zero-order valence-electron chi connectivity index (χ0n) is 17.8. The maximum absolute atomic E-state index is 12.4. The van der Waals surface area contributed by atoms with Crippen molar-refractivity contribution in [3.05, 3.63) is 128 Å². The van der Waals surface area contributed by atoms with Crippen molar-refractivity contribution in [1.29, 1.82) is 0 Å². The molecular formula is C26H20BrN3O3. The summed E-state index contributed by atoms with van der Waals surface area (Å²) in [6.07, 6.45) is 1.75. The third-order valence-electron chi connectivity index (χ3n) is 5.76. The van der Waals surface area contributed by atoms with E-state index in [2.05, 4.69) is 15.9 Å². The first-order valence-corrected chi connectivity index (χ1v) is 11.3. The van der Waals surface area contributed by atoms with Gasteiger partial charge in [-0.1, -0.05) is 76.6 Å². The van der Waals surface area contributed by atoms with Crippen molar-refractivity contribution in [2.24, 2.45) is 0 Å². The van der Waals surface area contributed by atoms with Gasteiger partial charge >= 0.3 is 0 Å². The molecule has 6 nitrogen and oxygen atoms in total. The summed E-state index contributed by atoms with van der Waals surface area (Å²) in [5.41, 5.74) is 3.93. The normalized spacial score (nSPS) is 18.5. The van der Waals surface area contributed by atoms with E-state index in [0.29, 0.717) is 11.6 Å². The van der Waals surface area contributed by atoms with Gasteiger partial charge in [-0.15, -0.1) is 0 Å². The Bertz CT molecular complexity index is 1330. The van der Waals surface area contributed by atoms with E-state index in [0.717, 1.165) is 26.9 Å². The molecule has 7 heteroatoms. The lowest BCUT2D eigenvalue weighted by molar-refractivity contribution is -0.519. The van der Waals surface area contributed by atoms with Gasteiger partial charge in [0.15, 0.2) is 5.76 Å². The van der Waals surface area contributed by atoms with Crippen LogP contribution in [0, 0.1) is 17.0 Å². The van der Waals surface area contributed by atoms with Crippen molar-refractivity contribution in [1.82, 2.24) is 9.78 Å². The molecule has 1 aliphatic rings. The number of nitrogens with zero attached hydrogens (tertiary/aromatic N) is 3. The average Bonchev–Trinajstić information content (AvgIpc) is 3.15. The highest BCUT2D eigenvalue weighted by Gasteiger charge is 2.47. The number of hydrogen-bond acceptors (Lipinski definition) is 4. The van der Waals surface area contributed by atoms with Crippen LogP contribution < -0.4 is 4.74 Å². The molecule has 0 unspecified atom stereocenters. The van der Waals surface area contributed by atoms with Gasteiger partial charge in [-0.25, -0.2) is 4.68 Å². The lowest BCUT2D eigenvalue weighted by atomic mass is 9.82. The Morgan fingerprint density at radius 2 is 1.64 bits per heavy atom. The van der Waals surface area contributed by atoms with Gasteiger partial charge in [0.05, 0.1) is 22.9 Å². The number of benzene rings is 3. The molecule has 0 aliphatic carbocycles. The molecule has 2 atom stereocenters. The Hall–Kier alpha value is -3.71. The van der Waals surface area contributed by atoms with Crippen LogP contribution in [0.3, 0.4) is 0 Å². The molecule has 0 fully saturated rings. The summed E-state index contributed by atoms with van der Waals surface area (Å²) in [4.78, 5) is 12.2. The highest BCUT2D eigenvalue weighted by Crippen LogP contribution is 2.46. The molecule has 3 aromatic carbocycles. The summed E-state index contributed by atoms with van der Waals surface area (Å²) >= 11 is 3.46. The van der Waals surface area contributed by atoms with Crippen molar-refractivity contribution in [2.75, 3.05) is 0 Å². The summed E-state index contributed by atoms with van der Waals surface area (Å²) in [7, 11) is 0. The number of rotatable bonds is 4. The van der Waals surface area contributed by atoms with Crippen LogP contribution in [0.25, 0.3) is 11.8 Å². The fourth-order valence-electron chi connectivity index (χ4n) is 4.29. The van der Waals surface area contributed by atoms with E-state index in [-0.39, 0.29) is 10.7 Å². The predicted octanol–water partition coefficient (Wildman–Crippen LogP) is 6.15. The van der Waals surface area contributed by atoms with Gasteiger partial charge in [-0.3, -0.25) is 10.1 Å². The van der Waals surface area contributed by atoms with Gasteiger partial charge in [0, 0.05) is 9.40 Å². The number of ether oxygens (including phenoxy) is 1. The minimum Gasteiger partial charge on any atom is -0.436 e. The summed E-state index contributed by atoms with van der Waals surface area (Å²) in [5, 5.41) is 17.2. The van der Waals surface area contributed by atoms with Crippen LogP contribution in [-0.2, 0) is 0 Å². The van der Waals surface area contributed by atoms with Crippen LogP contribution in [0.1, 0.15) is 28.3 Å². The van der Waals surface area contributed by atoms with E-state index in [4.69, 9.17) is 9.84 Å². The first kappa shape index (κ1) is 21.2. The molecule has 0 saturated heterocycles. The lowest BCUT2D eigenvalue weighted by Crippen LogP contribution is -2.36. The second kappa shape index (κ2) is 8.67. The van der Waals surface area contributed by atoms with Gasteiger partial charge in [-0.2, -0.15) is 5.10 Å². The Morgan fingerprint density at radius 3 is 2.27 bits per heavy atom. The maximum atomic E-state index is 12.4. The monoisotopic (exact) mass is 501 g/mol. The smallest absolute Gasteiger partial charge is 0.280 e. The predicted molar refractivity (Wildman–Crippen MR) is 130 cm³/mol. The number of nitro groups is 1. The highest BCUT2D eigenvalue weighted by atomic mass is 79.9. The van der Waals surface area contributed by atoms with Crippen LogP contribution in [-0.4, -0.2) is 20.7 Å². The Balaban J connectivity index is 1.76. The maximum Gasteiger partial charge on any atom is 0.280 e. The molecule has 1 aliphatic heterocycles. The molecule has 33 heavy (non-hydrogen) atoms. The van der Waals surface area contributed by atoms with Crippen molar-refractivity contribution in [3.63, 3.8) is 0 Å². The molecule has 5 rings (SSSR count). The molecule has 0 saturated carbocycles. The van der Waals surface area contributed by atoms with E-state index in [9.17, 15) is 10.1 Å². The highest BCUT2D eigenvalue weighted by molar-refractivity contribution is 9.10. The van der Waals surface area contributed by atoms with Crippen molar-refractivity contribution >= 4 is 22.0 Å². The van der Waals surface area contributed by atoms with Gasteiger partial charge in [0.25, 0.3) is 6.04 Å². The minimum absolute atomic E-state index is 0.258. The van der Waals surface area contributed by atoms with Crippen LogP contribution in [0.5, 0.6) is 5.88 Å². The zero-order chi connectivity index (χ0) is 22.9. The van der Waals surface area contributed by atoms with E-state index < -0.39 is 12.0 Å². The molecule has 0 bridgehead atoms. The van der Waals surface area contributed by atoms with Crippen molar-refractivity contribution < 1.29 is 9.66 Å². The molecule has 0 N–H and O–H groups in total. The number of fused-ring (bicyclic) bond motifs is 1. The van der Waals surface area contributed by atoms with E-state index in [1.807, 2.05) is 91.9 Å². The Labute approximate surface area is 199 Å². The topological polar surface area (TPSA) is 70.2 Å². The summed E-state index contributed by atoms with van der Waals surface area (Å²) in [6, 6.07) is 25.7. The molecule has 0 amide bonds. The van der Waals surface area contributed by atoms with Gasteiger partial charge in [0.1, 0.15) is 0 Å². The fourth-order valence-corrected chi connectivity index (χ4v) is 4.55. The number of aryl methyl sites for hydroxylation is 1. The quantitative estimate of drug-likeness (QED) is 0.248. The standard InChI is InChI=1S/C26H20BrN3O3/c1-17-23-24(19-10-6-3-7-11-19)25(30(31)32)22(16-18-8-4-2-5-9-18)33-26(23)29(28-17)21-14-12-20(27)13-15-21/h2-16,24-25H,1H3/b22-16-/t24-,25-/m1/s1. The van der Waals surface area contributed by atoms with Gasteiger partial charge in [0.2, 0.25) is 5.88 Å². The molecular weight excluding hydrogens is 482 g/mol. The van der Waals surface area contributed by atoms with E-state index in [1.165, 1.54) is 0 Å². The second-order valence-electron chi connectivity index (χ2n) is 7.87. The van der Waals surface area contributed by atoms with Crippen LogP contribution in [0.15, 0.2) is 95.2 Å². The third-order valence-corrected chi connectivity index (χ3v) is 6.29. The average molecular weight is 502 g/mol. The zero-order valence-corrected chi connectivity index (χ0v) is 19.3. The van der Waals surface area contributed by atoms with Crippen molar-refractivity contribution in [3.8, 4) is 11.6 Å². The van der Waals surface area contributed by atoms with E-state index >= 15 is 0 Å². The fraction of sp³-hybridized carbons (Fsp3) is 0.115. The Morgan fingerprint density at radius 1 is 1.00 bits per heavy atom. The Kier molecular flexibility index (Phi) is 5.56. The third kappa shape index (κ3) is 3.96. The molecule has 1 aromatic heterocycles. The summed E-state index contributed by atoms with van der Waals surface area (Å²) in [5.74, 6) is 0.249. The second-order valence-corrected chi connectivity index (χ2v) is 8.79. The summed E-state index contributed by atoms with van der Waals surface area (Å²) < 4.78 is 8.98. The molecule has 164 valence electrons. The van der Waals surface area contributed by atoms with Crippen LogP contribution in [0.2, 0.25) is 0 Å². The van der Waals surface area contributed by atoms with Crippen LogP contribution >= 0.6 is 15.9 Å². The number of halogens is 1. The van der Waals surface area contributed by atoms with Crippen molar-refractivity contribution in [2.45, 2.75) is 18.9 Å². The SMILES string of the molecule is Cc1nn(-c2ccc(Br)cc2)c2c1[C@@H](c1ccccc1)[C@H]([N+](=O)[O-])/C(=C/c1ccccc1)O2. The van der Waals surface area contributed by atoms with Gasteiger partial charge < -0.3 is 4.74 Å². The van der Waals surface area contributed by atoms with Crippen LogP contribution in [0.4, 0.5) is 0 Å². The molecule has 2 heterocycles. The summed E-state index contributed by atoms with van der Waals surface area (Å²) in [6.45, 7) is 1.87. The molecule has 0 radical (unpaired) electrons.